The molecule has 0 spiro atoms. The molecule has 0 unspecified atom stereocenters. The normalized spacial score (nSPS) is 14.9. The van der Waals surface area contributed by atoms with E-state index in [1.54, 1.807) is 11.9 Å². The third-order valence-corrected chi connectivity index (χ3v) is 5.39. The largest absolute Gasteiger partial charge is 0.455 e. The van der Waals surface area contributed by atoms with E-state index in [0.717, 1.165) is 11.3 Å². The molecular weight excluding hydrogens is 382 g/mol. The first kappa shape index (κ1) is 23.7. The van der Waals surface area contributed by atoms with Crippen LogP contribution in [0.5, 0.6) is 0 Å². The average molecular weight is 418 g/mol. The number of ether oxygens (including phenoxy) is 1. The van der Waals surface area contributed by atoms with Crippen molar-refractivity contribution in [3.05, 3.63) is 29.8 Å². The van der Waals surface area contributed by atoms with Crippen molar-refractivity contribution in [1.82, 2.24) is 9.80 Å². The minimum atomic E-state index is -0.420. The molecule has 1 aliphatic heterocycles. The Labute approximate surface area is 180 Å². The van der Waals surface area contributed by atoms with E-state index < -0.39 is 5.41 Å². The summed E-state index contributed by atoms with van der Waals surface area (Å²) >= 11 is 0. The van der Waals surface area contributed by atoms with Crippen LogP contribution in [0.1, 0.15) is 39.2 Å². The molecule has 0 radical (unpaired) electrons. The van der Waals surface area contributed by atoms with Crippen LogP contribution in [0.4, 0.5) is 5.69 Å². The van der Waals surface area contributed by atoms with Crippen molar-refractivity contribution in [2.75, 3.05) is 45.7 Å². The van der Waals surface area contributed by atoms with Gasteiger partial charge in [0.1, 0.15) is 0 Å². The number of likely N-dealkylation sites (tertiary alicyclic amines) is 1. The smallest absolute Gasteiger partial charge is 0.309 e. The molecule has 7 nitrogen and oxygen atoms in total. The fourth-order valence-corrected chi connectivity index (χ4v) is 3.42. The average Bonchev–Trinajstić information content (AvgIpc) is 2.70. The molecule has 0 bridgehead atoms. The van der Waals surface area contributed by atoms with Crippen LogP contribution in [-0.2, 0) is 25.7 Å². The first-order valence-corrected chi connectivity index (χ1v) is 10.4. The summed E-state index contributed by atoms with van der Waals surface area (Å²) in [5.41, 5.74) is 1.69. The number of nitrogens with zero attached hydrogens (tertiary/aromatic N) is 3. The Balaban J connectivity index is 1.76. The highest BCUT2D eigenvalue weighted by Crippen LogP contribution is 2.24. The van der Waals surface area contributed by atoms with Crippen molar-refractivity contribution in [2.45, 2.75) is 40.2 Å². The van der Waals surface area contributed by atoms with E-state index in [2.05, 4.69) is 0 Å². The zero-order valence-corrected chi connectivity index (χ0v) is 19.1. The van der Waals surface area contributed by atoms with E-state index in [-0.39, 0.29) is 30.3 Å². The van der Waals surface area contributed by atoms with Crippen LogP contribution in [0.15, 0.2) is 24.3 Å². The Hall–Kier alpha value is -2.57. The van der Waals surface area contributed by atoms with Crippen LogP contribution in [0.3, 0.4) is 0 Å². The molecule has 1 aromatic rings. The molecule has 7 heteroatoms. The molecule has 0 saturated carbocycles. The number of likely N-dealkylation sites (N-methyl/N-ethyl adjacent to an activating group) is 1. The first-order chi connectivity index (χ1) is 14.0. The van der Waals surface area contributed by atoms with E-state index in [9.17, 15) is 14.4 Å². The van der Waals surface area contributed by atoms with Crippen molar-refractivity contribution in [2.24, 2.45) is 11.3 Å². The topological polar surface area (TPSA) is 70.2 Å². The fourth-order valence-electron chi connectivity index (χ4n) is 3.42. The zero-order chi connectivity index (χ0) is 22.5. The van der Waals surface area contributed by atoms with Gasteiger partial charge < -0.3 is 19.4 Å². The monoisotopic (exact) mass is 417 g/mol. The van der Waals surface area contributed by atoms with Gasteiger partial charge in [-0.05, 0) is 30.5 Å². The number of anilines is 1. The third kappa shape index (κ3) is 6.47. The molecule has 1 aromatic carbocycles. The summed E-state index contributed by atoms with van der Waals surface area (Å²) in [5.74, 6) is -0.745. The Morgan fingerprint density at radius 3 is 2.10 bits per heavy atom. The van der Waals surface area contributed by atoms with Crippen LogP contribution in [0.2, 0.25) is 0 Å². The fraction of sp³-hybridized carbons (Fsp3) is 0.609. The minimum Gasteiger partial charge on any atom is -0.455 e. The Morgan fingerprint density at radius 2 is 1.60 bits per heavy atom. The van der Waals surface area contributed by atoms with Crippen molar-refractivity contribution in [1.29, 1.82) is 0 Å². The Kier molecular flexibility index (Phi) is 7.87. The lowest BCUT2D eigenvalue weighted by molar-refractivity contribution is -0.157. The highest BCUT2D eigenvalue weighted by atomic mass is 16.5. The van der Waals surface area contributed by atoms with Gasteiger partial charge in [-0.15, -0.1) is 0 Å². The van der Waals surface area contributed by atoms with E-state index in [0.29, 0.717) is 32.5 Å². The first-order valence-electron chi connectivity index (χ1n) is 10.4. The summed E-state index contributed by atoms with van der Waals surface area (Å²) in [5, 5.41) is 0. The van der Waals surface area contributed by atoms with Crippen LogP contribution in [-0.4, -0.2) is 68.4 Å². The lowest BCUT2D eigenvalue weighted by Gasteiger charge is -2.35. The van der Waals surface area contributed by atoms with Gasteiger partial charge in [-0.25, -0.2) is 0 Å². The second kappa shape index (κ2) is 9.96. The second-order valence-electron chi connectivity index (χ2n) is 9.23. The van der Waals surface area contributed by atoms with Crippen molar-refractivity contribution >= 4 is 23.5 Å². The second-order valence-corrected chi connectivity index (χ2v) is 9.23. The maximum absolute atomic E-state index is 12.4. The standard InChI is InChI=1S/C23H35N3O4/c1-23(2,3)22(29)26-13-11-18(12-14-26)21(28)30-16-20(27)25(6)15-17-7-9-19(10-8-17)24(4)5/h7-10,18H,11-16H2,1-6H3. The lowest BCUT2D eigenvalue weighted by atomic mass is 9.91. The van der Waals surface area contributed by atoms with Crippen LogP contribution in [0.25, 0.3) is 0 Å². The molecule has 0 N–H and O–H groups in total. The number of hydrogen-bond donors (Lipinski definition) is 0. The minimum absolute atomic E-state index is 0.102. The number of carbonyl (C=O) groups excluding carboxylic acids is 3. The van der Waals surface area contributed by atoms with Gasteiger partial charge in [-0.3, -0.25) is 14.4 Å². The maximum Gasteiger partial charge on any atom is 0.309 e. The van der Waals surface area contributed by atoms with E-state index >= 15 is 0 Å². The SMILES string of the molecule is CN(Cc1ccc(N(C)C)cc1)C(=O)COC(=O)C1CCN(C(=O)C(C)(C)C)CC1. The van der Waals surface area contributed by atoms with Gasteiger partial charge >= 0.3 is 5.97 Å². The number of rotatable bonds is 6. The van der Waals surface area contributed by atoms with Gasteiger partial charge in [0.15, 0.2) is 6.61 Å². The van der Waals surface area contributed by atoms with E-state index in [1.807, 2.05) is 68.9 Å². The van der Waals surface area contributed by atoms with Gasteiger partial charge in [0.2, 0.25) is 5.91 Å². The van der Waals surface area contributed by atoms with Crippen LogP contribution >= 0.6 is 0 Å². The molecule has 1 heterocycles. The lowest BCUT2D eigenvalue weighted by Crippen LogP contribution is -2.45. The van der Waals surface area contributed by atoms with Crippen molar-refractivity contribution < 1.29 is 19.1 Å². The maximum atomic E-state index is 12.4. The van der Waals surface area contributed by atoms with Crippen LogP contribution in [0, 0.1) is 11.3 Å². The molecule has 0 aromatic heterocycles. The van der Waals surface area contributed by atoms with Gasteiger partial charge in [0, 0.05) is 51.9 Å². The summed E-state index contributed by atoms with van der Waals surface area (Å²) in [4.78, 5) is 42.4. The zero-order valence-electron chi connectivity index (χ0n) is 19.1. The quantitative estimate of drug-likeness (QED) is 0.666. The summed E-state index contributed by atoms with van der Waals surface area (Å²) in [6, 6.07) is 7.98. The molecule has 0 aliphatic carbocycles. The predicted molar refractivity (Wildman–Crippen MR) is 117 cm³/mol. The third-order valence-electron chi connectivity index (χ3n) is 5.39. The summed E-state index contributed by atoms with van der Waals surface area (Å²) < 4.78 is 5.28. The summed E-state index contributed by atoms with van der Waals surface area (Å²) in [6.07, 6.45) is 1.14. The molecule has 1 aliphatic rings. The molecule has 2 amide bonds. The summed E-state index contributed by atoms with van der Waals surface area (Å²) in [6.45, 7) is 6.99. The molecule has 2 rings (SSSR count). The van der Waals surface area contributed by atoms with Gasteiger partial charge in [-0.2, -0.15) is 0 Å². The summed E-state index contributed by atoms with van der Waals surface area (Å²) in [7, 11) is 5.66. The Morgan fingerprint density at radius 1 is 1.03 bits per heavy atom. The number of piperidine rings is 1. The number of esters is 1. The predicted octanol–water partition coefficient (Wildman–Crippen LogP) is 2.54. The van der Waals surface area contributed by atoms with E-state index in [4.69, 9.17) is 4.74 Å². The van der Waals surface area contributed by atoms with Crippen molar-refractivity contribution in [3.63, 3.8) is 0 Å². The molecule has 1 fully saturated rings. The number of benzene rings is 1. The number of hydrogen-bond acceptors (Lipinski definition) is 5. The van der Waals surface area contributed by atoms with Gasteiger partial charge in [0.05, 0.1) is 5.92 Å². The molecule has 166 valence electrons. The van der Waals surface area contributed by atoms with E-state index in [1.165, 1.54) is 0 Å². The number of carbonyl (C=O) groups is 3. The Bertz CT molecular complexity index is 745. The van der Waals surface area contributed by atoms with Crippen molar-refractivity contribution in [3.8, 4) is 0 Å². The molecular formula is C23H35N3O4. The highest BCUT2D eigenvalue weighted by Gasteiger charge is 2.33. The highest BCUT2D eigenvalue weighted by molar-refractivity contribution is 5.83. The number of amides is 2. The van der Waals surface area contributed by atoms with Gasteiger partial charge in [-0.1, -0.05) is 32.9 Å². The molecule has 0 atom stereocenters. The van der Waals surface area contributed by atoms with Crippen LogP contribution < -0.4 is 4.90 Å². The molecule has 1 saturated heterocycles. The molecule has 30 heavy (non-hydrogen) atoms. The van der Waals surface area contributed by atoms with Gasteiger partial charge in [0.25, 0.3) is 5.91 Å².